The number of ketones is 1. The highest BCUT2D eigenvalue weighted by Gasteiger charge is 2.46. The SMILES string of the molecule is COc1cc(C2/C(=C(\O)c3ccc(F)cc3)C(=O)C(=O)N2Cc2ccccn2)cc(OC)c1OC. The Labute approximate surface area is 201 Å². The maximum Gasteiger partial charge on any atom is 0.296 e. The van der Waals surface area contributed by atoms with Crippen LogP contribution in [0.3, 0.4) is 0 Å². The van der Waals surface area contributed by atoms with Gasteiger partial charge < -0.3 is 24.2 Å². The lowest BCUT2D eigenvalue weighted by molar-refractivity contribution is -0.140. The molecule has 0 bridgehead atoms. The van der Waals surface area contributed by atoms with E-state index < -0.39 is 29.3 Å². The molecule has 1 aromatic heterocycles. The minimum absolute atomic E-state index is 0.00688. The van der Waals surface area contributed by atoms with E-state index in [4.69, 9.17) is 14.2 Å². The molecule has 0 radical (unpaired) electrons. The van der Waals surface area contributed by atoms with Gasteiger partial charge in [-0.3, -0.25) is 14.6 Å². The number of pyridine rings is 1. The summed E-state index contributed by atoms with van der Waals surface area (Å²) in [4.78, 5) is 32.0. The van der Waals surface area contributed by atoms with Crippen molar-refractivity contribution < 1.29 is 33.3 Å². The maximum absolute atomic E-state index is 13.5. The summed E-state index contributed by atoms with van der Waals surface area (Å²) >= 11 is 0. The smallest absolute Gasteiger partial charge is 0.296 e. The lowest BCUT2D eigenvalue weighted by Crippen LogP contribution is -2.29. The van der Waals surface area contributed by atoms with Gasteiger partial charge in [-0.1, -0.05) is 6.07 Å². The van der Waals surface area contributed by atoms with Crippen LogP contribution in [0.15, 0.2) is 66.4 Å². The summed E-state index contributed by atoms with van der Waals surface area (Å²) in [5.41, 5.74) is 1.04. The van der Waals surface area contributed by atoms with Gasteiger partial charge in [0.05, 0.1) is 45.2 Å². The third kappa shape index (κ3) is 4.40. The zero-order chi connectivity index (χ0) is 25.1. The van der Waals surface area contributed by atoms with Crippen LogP contribution in [0.5, 0.6) is 17.2 Å². The first-order chi connectivity index (χ1) is 16.9. The Hall–Kier alpha value is -4.40. The average molecular weight is 478 g/mol. The van der Waals surface area contributed by atoms with Crippen molar-refractivity contribution in [2.75, 3.05) is 21.3 Å². The van der Waals surface area contributed by atoms with Crippen LogP contribution in [-0.2, 0) is 16.1 Å². The van der Waals surface area contributed by atoms with Gasteiger partial charge >= 0.3 is 0 Å². The largest absolute Gasteiger partial charge is 0.507 e. The number of methoxy groups -OCH3 is 3. The van der Waals surface area contributed by atoms with E-state index >= 15 is 0 Å². The quantitative estimate of drug-likeness (QED) is 0.313. The van der Waals surface area contributed by atoms with Gasteiger partial charge in [-0.2, -0.15) is 0 Å². The molecule has 1 fully saturated rings. The lowest BCUT2D eigenvalue weighted by atomic mass is 9.94. The van der Waals surface area contributed by atoms with Crippen LogP contribution in [0.1, 0.15) is 22.9 Å². The molecular formula is C26H23FN2O6. The van der Waals surface area contributed by atoms with Crippen LogP contribution in [0.25, 0.3) is 5.76 Å². The molecule has 1 aliphatic heterocycles. The van der Waals surface area contributed by atoms with Crippen molar-refractivity contribution in [3.63, 3.8) is 0 Å². The van der Waals surface area contributed by atoms with E-state index in [0.29, 0.717) is 28.5 Å². The normalized spacial score (nSPS) is 16.9. The van der Waals surface area contributed by atoms with E-state index in [-0.39, 0.29) is 17.7 Å². The zero-order valence-electron chi connectivity index (χ0n) is 19.3. The summed E-state index contributed by atoms with van der Waals surface area (Å²) in [6, 6.07) is 12.5. The van der Waals surface area contributed by atoms with Gasteiger partial charge in [0.2, 0.25) is 5.75 Å². The van der Waals surface area contributed by atoms with Crippen molar-refractivity contribution in [3.8, 4) is 17.2 Å². The Bertz CT molecular complexity index is 1270. The molecule has 1 amide bonds. The number of Topliss-reactive ketones (excluding diaryl/α,β-unsaturated/α-hetero) is 1. The van der Waals surface area contributed by atoms with E-state index in [0.717, 1.165) is 12.1 Å². The van der Waals surface area contributed by atoms with E-state index in [2.05, 4.69) is 4.98 Å². The number of nitrogens with zero attached hydrogens (tertiary/aromatic N) is 2. The molecule has 1 N–H and O–H groups in total. The summed E-state index contributed by atoms with van der Waals surface area (Å²) in [5.74, 6) is -1.65. The number of hydrogen-bond acceptors (Lipinski definition) is 7. The highest BCUT2D eigenvalue weighted by molar-refractivity contribution is 6.46. The molecule has 0 aliphatic carbocycles. The molecule has 0 spiro atoms. The second kappa shape index (κ2) is 9.84. The highest BCUT2D eigenvalue weighted by atomic mass is 19.1. The average Bonchev–Trinajstić information content (AvgIpc) is 3.13. The monoisotopic (exact) mass is 478 g/mol. The molecule has 1 saturated heterocycles. The van der Waals surface area contributed by atoms with Crippen LogP contribution in [0.4, 0.5) is 4.39 Å². The fourth-order valence-electron chi connectivity index (χ4n) is 4.08. The third-order valence-electron chi connectivity index (χ3n) is 5.72. The van der Waals surface area contributed by atoms with Gasteiger partial charge in [-0.25, -0.2) is 4.39 Å². The predicted molar refractivity (Wildman–Crippen MR) is 125 cm³/mol. The Morgan fingerprint density at radius 2 is 1.66 bits per heavy atom. The molecular weight excluding hydrogens is 455 g/mol. The topological polar surface area (TPSA) is 98.2 Å². The minimum Gasteiger partial charge on any atom is -0.507 e. The Morgan fingerprint density at radius 3 is 2.20 bits per heavy atom. The number of benzene rings is 2. The number of aliphatic hydroxyl groups excluding tert-OH is 1. The fraction of sp³-hybridized carbons (Fsp3) is 0.192. The van der Waals surface area contributed by atoms with Crippen LogP contribution < -0.4 is 14.2 Å². The van der Waals surface area contributed by atoms with Crippen molar-refractivity contribution in [2.45, 2.75) is 12.6 Å². The van der Waals surface area contributed by atoms with Gasteiger partial charge in [0, 0.05) is 11.8 Å². The first-order valence-corrected chi connectivity index (χ1v) is 10.6. The number of ether oxygens (including phenoxy) is 3. The number of aliphatic hydroxyl groups is 1. The summed E-state index contributed by atoms with van der Waals surface area (Å²) in [6.07, 6.45) is 1.58. The van der Waals surface area contributed by atoms with Gasteiger partial charge in [0.25, 0.3) is 11.7 Å². The van der Waals surface area contributed by atoms with Crippen molar-refractivity contribution in [3.05, 3.63) is 89.0 Å². The predicted octanol–water partition coefficient (Wildman–Crippen LogP) is 3.87. The molecule has 2 aromatic carbocycles. The van der Waals surface area contributed by atoms with E-state index in [1.54, 1.807) is 36.5 Å². The molecule has 180 valence electrons. The van der Waals surface area contributed by atoms with Crippen LogP contribution in [0, 0.1) is 5.82 Å². The summed E-state index contributed by atoms with van der Waals surface area (Å²) in [7, 11) is 4.36. The van der Waals surface area contributed by atoms with E-state index in [1.807, 2.05) is 0 Å². The number of hydrogen-bond donors (Lipinski definition) is 1. The lowest BCUT2D eigenvalue weighted by Gasteiger charge is -2.26. The van der Waals surface area contributed by atoms with Crippen molar-refractivity contribution in [1.29, 1.82) is 0 Å². The van der Waals surface area contributed by atoms with Gasteiger partial charge in [0.1, 0.15) is 11.6 Å². The van der Waals surface area contributed by atoms with E-state index in [1.165, 1.54) is 38.4 Å². The number of likely N-dealkylation sites (tertiary alicyclic amines) is 1. The van der Waals surface area contributed by atoms with E-state index in [9.17, 15) is 19.1 Å². The second-order valence-electron chi connectivity index (χ2n) is 7.71. The number of carbonyl (C=O) groups excluding carboxylic acids is 2. The molecule has 35 heavy (non-hydrogen) atoms. The third-order valence-corrected chi connectivity index (χ3v) is 5.72. The van der Waals surface area contributed by atoms with Crippen LogP contribution in [0.2, 0.25) is 0 Å². The molecule has 8 nitrogen and oxygen atoms in total. The zero-order valence-corrected chi connectivity index (χ0v) is 19.3. The molecule has 0 saturated carbocycles. The molecule has 4 rings (SSSR count). The first kappa shape index (κ1) is 23.7. The molecule has 1 unspecified atom stereocenters. The number of rotatable bonds is 7. The maximum atomic E-state index is 13.5. The summed E-state index contributed by atoms with van der Waals surface area (Å²) in [5, 5.41) is 11.1. The van der Waals surface area contributed by atoms with Crippen molar-refractivity contribution >= 4 is 17.4 Å². The standard InChI is InChI=1S/C26H23FN2O6/c1-33-19-12-16(13-20(34-2)25(19)35-3)22-21(23(30)15-7-9-17(27)10-8-15)24(31)26(32)29(22)14-18-6-4-5-11-28-18/h4-13,22,30H,14H2,1-3H3/b23-21+. The highest BCUT2D eigenvalue weighted by Crippen LogP contribution is 2.46. The summed E-state index contributed by atoms with van der Waals surface area (Å²) in [6.45, 7) is 0.00688. The second-order valence-corrected chi connectivity index (χ2v) is 7.71. The Morgan fingerprint density at radius 1 is 1.00 bits per heavy atom. The molecule has 1 aliphatic rings. The Balaban J connectivity index is 1.94. The van der Waals surface area contributed by atoms with Gasteiger partial charge in [-0.15, -0.1) is 0 Å². The Kier molecular flexibility index (Phi) is 6.68. The van der Waals surface area contributed by atoms with Crippen LogP contribution >= 0.6 is 0 Å². The fourth-order valence-corrected chi connectivity index (χ4v) is 4.08. The molecule has 2 heterocycles. The first-order valence-electron chi connectivity index (χ1n) is 10.6. The van der Waals surface area contributed by atoms with Crippen molar-refractivity contribution in [1.82, 2.24) is 9.88 Å². The van der Waals surface area contributed by atoms with Gasteiger partial charge in [-0.05, 0) is 54.1 Å². The minimum atomic E-state index is -1.00. The molecule has 1 atom stereocenters. The number of carbonyl (C=O) groups is 2. The van der Waals surface area contributed by atoms with Crippen LogP contribution in [-0.4, -0.2) is 48.0 Å². The number of halogens is 1. The number of amides is 1. The molecule has 3 aromatic rings. The number of aromatic nitrogens is 1. The summed E-state index contributed by atoms with van der Waals surface area (Å²) < 4.78 is 29.8. The molecule has 9 heteroatoms. The van der Waals surface area contributed by atoms with Gasteiger partial charge in [0.15, 0.2) is 11.5 Å². The van der Waals surface area contributed by atoms with Crippen molar-refractivity contribution in [2.24, 2.45) is 0 Å².